The molecule has 2 fully saturated rings. The van der Waals surface area contributed by atoms with Crippen molar-refractivity contribution in [2.24, 2.45) is 11.3 Å². The normalized spacial score (nSPS) is 33.8. The van der Waals surface area contributed by atoms with Crippen LogP contribution in [-0.4, -0.2) is 23.0 Å². The van der Waals surface area contributed by atoms with Crippen LogP contribution in [0.2, 0.25) is 0 Å². The fraction of sp³-hybridized carbons (Fsp3) is 0.846. The van der Waals surface area contributed by atoms with E-state index in [2.05, 4.69) is 5.32 Å². The van der Waals surface area contributed by atoms with Gasteiger partial charge in [-0.1, -0.05) is 19.3 Å². The third-order valence-corrected chi connectivity index (χ3v) is 4.49. The van der Waals surface area contributed by atoms with E-state index < -0.39 is 11.4 Å². The van der Waals surface area contributed by atoms with E-state index in [0.29, 0.717) is 6.42 Å². The van der Waals surface area contributed by atoms with E-state index in [1.54, 1.807) is 6.92 Å². The summed E-state index contributed by atoms with van der Waals surface area (Å²) in [4.78, 5) is 23.3. The summed E-state index contributed by atoms with van der Waals surface area (Å²) in [6, 6.07) is -0.187. The number of carbonyl (C=O) groups excluding carboxylic acids is 1. The van der Waals surface area contributed by atoms with E-state index in [-0.39, 0.29) is 17.9 Å². The van der Waals surface area contributed by atoms with E-state index in [1.165, 1.54) is 0 Å². The van der Waals surface area contributed by atoms with Crippen LogP contribution in [0.1, 0.15) is 51.9 Å². The molecule has 4 heteroatoms. The van der Waals surface area contributed by atoms with Gasteiger partial charge in [0.2, 0.25) is 5.91 Å². The Morgan fingerprint density at radius 2 is 1.82 bits per heavy atom. The van der Waals surface area contributed by atoms with Crippen molar-refractivity contribution in [1.29, 1.82) is 0 Å². The van der Waals surface area contributed by atoms with Crippen molar-refractivity contribution in [3.63, 3.8) is 0 Å². The van der Waals surface area contributed by atoms with Gasteiger partial charge in [-0.15, -0.1) is 0 Å². The summed E-state index contributed by atoms with van der Waals surface area (Å²) >= 11 is 0. The van der Waals surface area contributed by atoms with E-state index >= 15 is 0 Å². The van der Waals surface area contributed by atoms with Crippen LogP contribution in [-0.2, 0) is 9.59 Å². The molecule has 0 spiro atoms. The molecule has 2 rings (SSSR count). The first-order valence-electron chi connectivity index (χ1n) is 6.58. The number of aliphatic carboxylic acids is 1. The summed E-state index contributed by atoms with van der Waals surface area (Å²) < 4.78 is 0. The molecule has 2 aliphatic carbocycles. The number of hydrogen-bond acceptors (Lipinski definition) is 2. The second kappa shape index (κ2) is 4.67. The molecule has 0 aromatic rings. The second-order valence-corrected chi connectivity index (χ2v) is 5.66. The molecule has 96 valence electrons. The van der Waals surface area contributed by atoms with Crippen molar-refractivity contribution in [3.8, 4) is 0 Å². The smallest absolute Gasteiger partial charge is 0.311 e. The SMILES string of the molecule is CC1(C(=O)O)CCCC1NC(=O)C1CCCC1. The Balaban J connectivity index is 1.98. The maximum atomic E-state index is 12.0. The zero-order valence-corrected chi connectivity index (χ0v) is 10.4. The summed E-state index contributed by atoms with van der Waals surface area (Å²) in [6.45, 7) is 1.75. The molecule has 2 atom stereocenters. The van der Waals surface area contributed by atoms with E-state index in [0.717, 1.165) is 38.5 Å². The minimum atomic E-state index is -0.785. The Bertz CT molecular complexity index is 323. The molecule has 0 aromatic heterocycles. The highest BCUT2D eigenvalue weighted by Gasteiger charge is 2.46. The average molecular weight is 239 g/mol. The standard InChI is InChI=1S/C13H21NO3/c1-13(12(16)17)8-4-7-10(13)14-11(15)9-5-2-3-6-9/h9-10H,2-8H2,1H3,(H,14,15)(H,16,17). The summed E-state index contributed by atoms with van der Waals surface area (Å²) in [5, 5.41) is 12.2. The van der Waals surface area contributed by atoms with Crippen LogP contribution in [0, 0.1) is 11.3 Å². The molecule has 0 aromatic carbocycles. The third-order valence-electron chi connectivity index (χ3n) is 4.49. The van der Waals surface area contributed by atoms with Crippen LogP contribution < -0.4 is 5.32 Å². The molecule has 0 saturated heterocycles. The molecule has 0 radical (unpaired) electrons. The van der Waals surface area contributed by atoms with Gasteiger partial charge >= 0.3 is 5.97 Å². The number of carboxylic acids is 1. The molecule has 0 aliphatic heterocycles. The monoisotopic (exact) mass is 239 g/mol. The lowest BCUT2D eigenvalue weighted by molar-refractivity contribution is -0.149. The van der Waals surface area contributed by atoms with Crippen molar-refractivity contribution in [2.75, 3.05) is 0 Å². The average Bonchev–Trinajstić information content (AvgIpc) is 2.89. The summed E-state index contributed by atoms with van der Waals surface area (Å²) in [5.74, 6) is -0.595. The highest BCUT2D eigenvalue weighted by atomic mass is 16.4. The summed E-state index contributed by atoms with van der Waals surface area (Å²) in [6.07, 6.45) is 6.51. The quantitative estimate of drug-likeness (QED) is 0.791. The molecule has 2 saturated carbocycles. The minimum Gasteiger partial charge on any atom is -0.481 e. The van der Waals surface area contributed by atoms with Gasteiger partial charge in [0.1, 0.15) is 0 Å². The van der Waals surface area contributed by atoms with Gasteiger partial charge in [-0.05, 0) is 32.6 Å². The molecule has 2 aliphatic rings. The maximum absolute atomic E-state index is 12.0. The van der Waals surface area contributed by atoms with Crippen molar-refractivity contribution in [3.05, 3.63) is 0 Å². The molecule has 2 unspecified atom stereocenters. The van der Waals surface area contributed by atoms with E-state index in [1.807, 2.05) is 0 Å². The minimum absolute atomic E-state index is 0.0712. The van der Waals surface area contributed by atoms with Crippen molar-refractivity contribution < 1.29 is 14.7 Å². The Kier molecular flexibility index (Phi) is 3.40. The van der Waals surface area contributed by atoms with Crippen LogP contribution in [0.3, 0.4) is 0 Å². The van der Waals surface area contributed by atoms with Gasteiger partial charge in [0, 0.05) is 12.0 Å². The molecule has 1 amide bonds. The third kappa shape index (κ3) is 2.31. The fourth-order valence-electron chi connectivity index (χ4n) is 3.13. The largest absolute Gasteiger partial charge is 0.481 e. The Morgan fingerprint density at radius 3 is 2.41 bits per heavy atom. The molecular formula is C13H21NO3. The van der Waals surface area contributed by atoms with Crippen LogP contribution in [0.5, 0.6) is 0 Å². The first kappa shape index (κ1) is 12.4. The van der Waals surface area contributed by atoms with Gasteiger partial charge in [-0.3, -0.25) is 9.59 Å². The molecule has 0 heterocycles. The van der Waals surface area contributed by atoms with Crippen molar-refractivity contribution in [2.45, 2.75) is 57.9 Å². The first-order chi connectivity index (χ1) is 8.04. The highest BCUT2D eigenvalue weighted by Crippen LogP contribution is 2.38. The number of rotatable bonds is 3. The number of carboxylic acid groups (broad SMARTS) is 1. The van der Waals surface area contributed by atoms with Crippen molar-refractivity contribution >= 4 is 11.9 Å². The van der Waals surface area contributed by atoms with Crippen molar-refractivity contribution in [1.82, 2.24) is 5.32 Å². The Hall–Kier alpha value is -1.06. The zero-order chi connectivity index (χ0) is 12.5. The first-order valence-corrected chi connectivity index (χ1v) is 6.58. The number of nitrogens with one attached hydrogen (secondary N) is 1. The fourth-order valence-corrected chi connectivity index (χ4v) is 3.13. The molecule has 2 N–H and O–H groups in total. The van der Waals surface area contributed by atoms with Gasteiger partial charge in [0.15, 0.2) is 0 Å². The molecule has 4 nitrogen and oxygen atoms in total. The molecule has 0 bridgehead atoms. The lowest BCUT2D eigenvalue weighted by atomic mass is 9.84. The Morgan fingerprint density at radius 1 is 1.18 bits per heavy atom. The van der Waals surface area contributed by atoms with Crippen LogP contribution in [0.25, 0.3) is 0 Å². The predicted octanol–water partition coefficient (Wildman–Crippen LogP) is 1.94. The highest BCUT2D eigenvalue weighted by molar-refractivity contribution is 5.81. The van der Waals surface area contributed by atoms with Gasteiger partial charge in [0.25, 0.3) is 0 Å². The van der Waals surface area contributed by atoms with E-state index in [4.69, 9.17) is 0 Å². The second-order valence-electron chi connectivity index (χ2n) is 5.66. The molecule has 17 heavy (non-hydrogen) atoms. The van der Waals surface area contributed by atoms with Gasteiger partial charge < -0.3 is 10.4 Å². The van der Waals surface area contributed by atoms with Gasteiger partial charge in [-0.25, -0.2) is 0 Å². The number of hydrogen-bond donors (Lipinski definition) is 2. The van der Waals surface area contributed by atoms with E-state index in [9.17, 15) is 14.7 Å². The number of amides is 1. The van der Waals surface area contributed by atoms with Crippen LogP contribution in [0.15, 0.2) is 0 Å². The zero-order valence-electron chi connectivity index (χ0n) is 10.4. The topological polar surface area (TPSA) is 66.4 Å². The lowest BCUT2D eigenvalue weighted by Crippen LogP contribution is -2.48. The van der Waals surface area contributed by atoms with Gasteiger partial charge in [-0.2, -0.15) is 0 Å². The Labute approximate surface area is 102 Å². The summed E-state index contributed by atoms with van der Waals surface area (Å²) in [7, 11) is 0. The summed E-state index contributed by atoms with van der Waals surface area (Å²) in [5.41, 5.74) is -0.770. The maximum Gasteiger partial charge on any atom is 0.311 e. The predicted molar refractivity (Wildman–Crippen MR) is 63.5 cm³/mol. The van der Waals surface area contributed by atoms with Crippen LogP contribution in [0.4, 0.5) is 0 Å². The lowest BCUT2D eigenvalue weighted by Gasteiger charge is -2.28. The number of carbonyl (C=O) groups is 2. The molecular weight excluding hydrogens is 218 g/mol. The van der Waals surface area contributed by atoms with Gasteiger partial charge in [0.05, 0.1) is 5.41 Å². The van der Waals surface area contributed by atoms with Crippen LogP contribution >= 0.6 is 0 Å².